The second-order valence-electron chi connectivity index (χ2n) is 4.93. The molecular formula is C17H11NO2. The minimum absolute atomic E-state index is 0.0168. The van der Waals surface area contributed by atoms with E-state index in [1.165, 1.54) is 0 Å². The molecule has 0 atom stereocenters. The summed E-state index contributed by atoms with van der Waals surface area (Å²) in [5, 5.41) is 1.85. The lowest BCUT2D eigenvalue weighted by Crippen LogP contribution is -1.98. The minimum atomic E-state index is 0.0168. The van der Waals surface area contributed by atoms with Crippen molar-refractivity contribution in [1.82, 2.24) is 4.98 Å². The monoisotopic (exact) mass is 261 g/mol. The predicted molar refractivity (Wildman–Crippen MR) is 80.0 cm³/mol. The fourth-order valence-corrected chi connectivity index (χ4v) is 2.66. The normalized spacial score (nSPS) is 11.4. The standard InChI is InChI=1S/C17H11NO2/c1-10-8-12(19)9-11-6-7-14-17(16(10)11)20-15-5-3-2-4-13(15)18-14/h2-9H,1H3. The Kier molecular flexibility index (Phi) is 2.18. The highest BCUT2D eigenvalue weighted by Crippen LogP contribution is 2.28. The third-order valence-corrected chi connectivity index (χ3v) is 3.54. The number of benzene rings is 3. The quantitative estimate of drug-likeness (QED) is 0.357. The molecule has 3 heteroatoms. The van der Waals surface area contributed by atoms with E-state index in [2.05, 4.69) is 4.98 Å². The molecule has 1 aromatic heterocycles. The molecule has 4 rings (SSSR count). The van der Waals surface area contributed by atoms with E-state index in [1.807, 2.05) is 43.3 Å². The highest BCUT2D eigenvalue weighted by atomic mass is 16.3. The van der Waals surface area contributed by atoms with E-state index in [9.17, 15) is 4.79 Å². The van der Waals surface area contributed by atoms with Crippen LogP contribution in [0.15, 0.2) is 57.7 Å². The van der Waals surface area contributed by atoms with Crippen LogP contribution in [0.1, 0.15) is 5.56 Å². The maximum Gasteiger partial charge on any atom is 0.179 e. The first-order valence-electron chi connectivity index (χ1n) is 6.45. The van der Waals surface area contributed by atoms with E-state index in [0.717, 1.165) is 38.5 Å². The van der Waals surface area contributed by atoms with Gasteiger partial charge in [0.1, 0.15) is 11.0 Å². The van der Waals surface area contributed by atoms with Gasteiger partial charge in [-0.3, -0.25) is 4.79 Å². The zero-order valence-corrected chi connectivity index (χ0v) is 10.9. The maximum absolute atomic E-state index is 11.6. The van der Waals surface area contributed by atoms with Gasteiger partial charge in [-0.15, -0.1) is 0 Å². The third kappa shape index (κ3) is 1.53. The number of nitrogens with zero attached hydrogens (tertiary/aromatic N) is 1. The SMILES string of the molecule is Cc1cc(=O)cc2ccc3nc4ccccc4oc3c12. The third-order valence-electron chi connectivity index (χ3n) is 3.54. The Morgan fingerprint density at radius 1 is 1.00 bits per heavy atom. The summed E-state index contributed by atoms with van der Waals surface area (Å²) in [6.45, 7) is 1.92. The summed E-state index contributed by atoms with van der Waals surface area (Å²) >= 11 is 0. The molecule has 3 aromatic carbocycles. The molecule has 0 aliphatic heterocycles. The van der Waals surface area contributed by atoms with Crippen molar-refractivity contribution < 1.29 is 4.42 Å². The van der Waals surface area contributed by atoms with Gasteiger partial charge in [0.2, 0.25) is 0 Å². The van der Waals surface area contributed by atoms with Gasteiger partial charge in [0, 0.05) is 5.39 Å². The van der Waals surface area contributed by atoms with Gasteiger partial charge >= 0.3 is 0 Å². The molecule has 20 heavy (non-hydrogen) atoms. The molecule has 0 N–H and O–H groups in total. The van der Waals surface area contributed by atoms with E-state index in [-0.39, 0.29) is 5.43 Å². The Labute approximate surface area is 114 Å². The van der Waals surface area contributed by atoms with Crippen molar-refractivity contribution in [3.8, 4) is 0 Å². The molecule has 4 aromatic rings. The van der Waals surface area contributed by atoms with Crippen molar-refractivity contribution in [1.29, 1.82) is 0 Å². The highest BCUT2D eigenvalue weighted by molar-refractivity contribution is 6.05. The zero-order valence-electron chi connectivity index (χ0n) is 10.9. The molecule has 3 nitrogen and oxygen atoms in total. The van der Waals surface area contributed by atoms with Crippen LogP contribution in [0.3, 0.4) is 0 Å². The van der Waals surface area contributed by atoms with Crippen LogP contribution < -0.4 is 5.43 Å². The Balaban J connectivity index is 2.29. The lowest BCUT2D eigenvalue weighted by atomic mass is 10.0. The van der Waals surface area contributed by atoms with Crippen LogP contribution >= 0.6 is 0 Å². The number of para-hydroxylation sites is 2. The van der Waals surface area contributed by atoms with Crippen LogP contribution in [0.2, 0.25) is 0 Å². The van der Waals surface area contributed by atoms with Crippen molar-refractivity contribution in [2.75, 3.05) is 0 Å². The van der Waals surface area contributed by atoms with Gasteiger partial charge in [0.15, 0.2) is 16.6 Å². The fraction of sp³-hybridized carbons (Fsp3) is 0.0588. The summed E-state index contributed by atoms with van der Waals surface area (Å²) in [7, 11) is 0. The molecule has 0 radical (unpaired) electrons. The van der Waals surface area contributed by atoms with E-state index >= 15 is 0 Å². The Hall–Kier alpha value is -2.68. The van der Waals surface area contributed by atoms with Gasteiger partial charge in [-0.05, 0) is 48.2 Å². The van der Waals surface area contributed by atoms with Crippen LogP contribution in [0.5, 0.6) is 0 Å². The van der Waals surface area contributed by atoms with Gasteiger partial charge < -0.3 is 4.42 Å². The summed E-state index contributed by atoms with van der Waals surface area (Å²) in [5.74, 6) is 0. The summed E-state index contributed by atoms with van der Waals surface area (Å²) in [6.07, 6.45) is 0. The smallest absolute Gasteiger partial charge is 0.179 e. The zero-order chi connectivity index (χ0) is 13.7. The van der Waals surface area contributed by atoms with E-state index in [4.69, 9.17) is 4.42 Å². The largest absolute Gasteiger partial charge is 0.452 e. The minimum Gasteiger partial charge on any atom is -0.452 e. The van der Waals surface area contributed by atoms with Gasteiger partial charge in [-0.25, -0.2) is 4.98 Å². The van der Waals surface area contributed by atoms with Crippen LogP contribution in [0.25, 0.3) is 33.0 Å². The van der Waals surface area contributed by atoms with E-state index < -0.39 is 0 Å². The van der Waals surface area contributed by atoms with Crippen molar-refractivity contribution in [3.05, 3.63) is 64.3 Å². The van der Waals surface area contributed by atoms with Crippen molar-refractivity contribution in [2.24, 2.45) is 0 Å². The van der Waals surface area contributed by atoms with E-state index in [1.54, 1.807) is 12.1 Å². The second-order valence-corrected chi connectivity index (χ2v) is 4.93. The van der Waals surface area contributed by atoms with Crippen molar-refractivity contribution >= 4 is 33.0 Å². The molecule has 1 heterocycles. The van der Waals surface area contributed by atoms with Crippen molar-refractivity contribution in [2.45, 2.75) is 6.92 Å². The van der Waals surface area contributed by atoms with Gasteiger partial charge in [0.05, 0.1) is 0 Å². The van der Waals surface area contributed by atoms with Crippen LogP contribution in [-0.2, 0) is 0 Å². The molecule has 0 aliphatic carbocycles. The fourth-order valence-electron chi connectivity index (χ4n) is 2.66. The van der Waals surface area contributed by atoms with E-state index in [0.29, 0.717) is 0 Å². The predicted octanol–water partition coefficient (Wildman–Crippen LogP) is 3.80. The number of hydrogen-bond donors (Lipinski definition) is 0. The average molecular weight is 261 g/mol. The molecule has 0 aliphatic rings. The molecule has 0 fully saturated rings. The molecule has 0 spiro atoms. The first-order chi connectivity index (χ1) is 9.72. The topological polar surface area (TPSA) is 43.1 Å². The summed E-state index contributed by atoms with van der Waals surface area (Å²) in [4.78, 5) is 16.2. The highest BCUT2D eigenvalue weighted by Gasteiger charge is 2.09. The number of rotatable bonds is 0. The number of hydrogen-bond acceptors (Lipinski definition) is 3. The van der Waals surface area contributed by atoms with Gasteiger partial charge in [-0.2, -0.15) is 0 Å². The summed E-state index contributed by atoms with van der Waals surface area (Å²) in [6, 6.07) is 14.8. The lowest BCUT2D eigenvalue weighted by Gasteiger charge is -2.06. The summed E-state index contributed by atoms with van der Waals surface area (Å²) in [5.41, 5.74) is 4.05. The molecule has 0 saturated heterocycles. The Morgan fingerprint density at radius 3 is 2.75 bits per heavy atom. The molecule has 0 bridgehead atoms. The van der Waals surface area contributed by atoms with Crippen molar-refractivity contribution in [3.63, 3.8) is 0 Å². The Bertz CT molecular complexity index is 1030. The number of aryl methyl sites for hydroxylation is 1. The van der Waals surface area contributed by atoms with Crippen LogP contribution in [0, 0.1) is 6.92 Å². The Morgan fingerprint density at radius 2 is 1.85 bits per heavy atom. The first-order valence-corrected chi connectivity index (χ1v) is 6.45. The second kappa shape index (κ2) is 3.90. The van der Waals surface area contributed by atoms with Crippen LogP contribution in [0.4, 0.5) is 0 Å². The molecule has 0 amide bonds. The first kappa shape index (κ1) is 11.2. The molecular weight excluding hydrogens is 250 g/mol. The van der Waals surface area contributed by atoms with Gasteiger partial charge in [0.25, 0.3) is 0 Å². The molecule has 0 unspecified atom stereocenters. The molecule has 0 saturated carbocycles. The maximum atomic E-state index is 11.6. The number of fused-ring (bicyclic) bond motifs is 4. The van der Waals surface area contributed by atoms with Crippen LogP contribution in [-0.4, -0.2) is 4.98 Å². The average Bonchev–Trinajstić information content (AvgIpc) is 2.44. The van der Waals surface area contributed by atoms with Gasteiger partial charge in [-0.1, -0.05) is 18.2 Å². The molecule has 96 valence electrons. The lowest BCUT2D eigenvalue weighted by molar-refractivity contribution is 0.660. The number of aromatic nitrogens is 1. The summed E-state index contributed by atoms with van der Waals surface area (Å²) < 4.78 is 6.02.